The van der Waals surface area contributed by atoms with E-state index in [1.165, 1.54) is 10.5 Å². The second-order valence-corrected chi connectivity index (χ2v) is 7.05. The average molecular weight is 344 g/mol. The van der Waals surface area contributed by atoms with Crippen LogP contribution in [-0.4, -0.2) is 61.5 Å². The fourth-order valence-electron chi connectivity index (χ4n) is 4.24. The van der Waals surface area contributed by atoms with Crippen molar-refractivity contribution in [3.05, 3.63) is 35.4 Å². The predicted molar refractivity (Wildman–Crippen MR) is 96.4 cm³/mol. The Morgan fingerprint density at radius 1 is 1.24 bits per heavy atom. The monoisotopic (exact) mass is 344 g/mol. The van der Waals surface area contributed by atoms with Gasteiger partial charge < -0.3 is 4.74 Å². The molecule has 1 aromatic carbocycles. The Balaban J connectivity index is 1.75. The van der Waals surface area contributed by atoms with Crippen molar-refractivity contribution < 1.29 is 14.3 Å². The molecule has 0 bridgehead atoms. The van der Waals surface area contributed by atoms with Crippen LogP contribution in [0, 0.1) is 0 Å². The van der Waals surface area contributed by atoms with Crippen molar-refractivity contribution in [2.75, 3.05) is 39.9 Å². The van der Waals surface area contributed by atoms with Gasteiger partial charge >= 0.3 is 0 Å². The minimum absolute atomic E-state index is 0.00689. The van der Waals surface area contributed by atoms with Gasteiger partial charge in [0.2, 0.25) is 11.8 Å². The molecule has 1 spiro atoms. The van der Waals surface area contributed by atoms with Gasteiger partial charge in [-0.3, -0.25) is 19.4 Å². The summed E-state index contributed by atoms with van der Waals surface area (Å²) in [4.78, 5) is 29.6. The number of carbonyl (C=O) groups excluding carboxylic acids is 2. The maximum Gasteiger partial charge on any atom is 0.240 e. The summed E-state index contributed by atoms with van der Waals surface area (Å²) in [5.74, 6) is -0.0167. The van der Waals surface area contributed by atoms with Crippen molar-refractivity contribution in [3.8, 4) is 0 Å². The summed E-state index contributed by atoms with van der Waals surface area (Å²) in [7, 11) is 1.69. The Hall–Kier alpha value is -1.72. The van der Waals surface area contributed by atoms with Crippen LogP contribution in [0.5, 0.6) is 0 Å². The lowest BCUT2D eigenvalue weighted by Crippen LogP contribution is -2.44. The Morgan fingerprint density at radius 3 is 2.80 bits per heavy atom. The van der Waals surface area contributed by atoms with Gasteiger partial charge in [0.25, 0.3) is 0 Å². The van der Waals surface area contributed by atoms with E-state index in [1.54, 1.807) is 7.11 Å². The molecule has 1 fully saturated rings. The van der Waals surface area contributed by atoms with E-state index in [2.05, 4.69) is 17.9 Å². The number of fused-ring (bicyclic) bond motifs is 2. The van der Waals surface area contributed by atoms with Crippen LogP contribution in [0.1, 0.15) is 37.3 Å². The van der Waals surface area contributed by atoms with Gasteiger partial charge in [0.15, 0.2) is 0 Å². The topological polar surface area (TPSA) is 49.9 Å². The lowest BCUT2D eigenvalue weighted by atomic mass is 9.69. The molecule has 1 atom stereocenters. The van der Waals surface area contributed by atoms with Gasteiger partial charge in [0.05, 0.1) is 12.0 Å². The molecule has 0 saturated carbocycles. The third kappa shape index (κ3) is 3.35. The van der Waals surface area contributed by atoms with Crippen LogP contribution in [0.25, 0.3) is 0 Å². The summed E-state index contributed by atoms with van der Waals surface area (Å²) < 4.78 is 5.13. The Kier molecular flexibility index (Phi) is 5.54. The fraction of sp³-hybridized carbons (Fsp3) is 0.600. The summed E-state index contributed by atoms with van der Waals surface area (Å²) in [5.41, 5.74) is 1.69. The number of methoxy groups -OCH3 is 1. The minimum Gasteiger partial charge on any atom is -0.383 e. The molecule has 1 heterocycles. The maximum absolute atomic E-state index is 13.2. The van der Waals surface area contributed by atoms with Gasteiger partial charge in [0, 0.05) is 33.2 Å². The summed E-state index contributed by atoms with van der Waals surface area (Å²) in [5, 5.41) is 0. The molecule has 25 heavy (non-hydrogen) atoms. The lowest BCUT2D eigenvalue weighted by molar-refractivity contribution is -0.140. The van der Waals surface area contributed by atoms with Crippen LogP contribution in [0.4, 0.5) is 0 Å². The molecule has 1 saturated heterocycles. The predicted octanol–water partition coefficient (Wildman–Crippen LogP) is 1.99. The number of aryl methyl sites for hydroxylation is 1. The third-order valence-corrected chi connectivity index (χ3v) is 5.69. The molecule has 2 amide bonds. The number of hydrogen-bond acceptors (Lipinski definition) is 4. The van der Waals surface area contributed by atoms with Gasteiger partial charge in [-0.25, -0.2) is 0 Å². The number of hydrogen-bond donors (Lipinski definition) is 0. The van der Waals surface area contributed by atoms with Gasteiger partial charge in [-0.1, -0.05) is 31.2 Å². The van der Waals surface area contributed by atoms with Crippen LogP contribution in [0.3, 0.4) is 0 Å². The average Bonchev–Trinajstić information content (AvgIpc) is 2.86. The largest absolute Gasteiger partial charge is 0.383 e. The smallest absolute Gasteiger partial charge is 0.240 e. The van der Waals surface area contributed by atoms with E-state index in [0.717, 1.165) is 37.9 Å². The zero-order chi connectivity index (χ0) is 17.9. The summed E-state index contributed by atoms with van der Waals surface area (Å²) >= 11 is 0. The van der Waals surface area contributed by atoms with Crippen molar-refractivity contribution >= 4 is 11.8 Å². The highest BCUT2D eigenvalue weighted by Gasteiger charge is 2.53. The molecule has 0 N–H and O–H groups in total. The van der Waals surface area contributed by atoms with Gasteiger partial charge in [-0.2, -0.15) is 0 Å². The first-order valence-corrected chi connectivity index (χ1v) is 9.27. The zero-order valence-electron chi connectivity index (χ0n) is 15.3. The number of amides is 2. The number of benzene rings is 1. The number of carbonyl (C=O) groups is 2. The maximum atomic E-state index is 13.2. The first-order valence-electron chi connectivity index (χ1n) is 9.27. The van der Waals surface area contributed by atoms with Crippen LogP contribution >= 0.6 is 0 Å². The molecule has 3 rings (SSSR count). The molecule has 1 aromatic rings. The van der Waals surface area contributed by atoms with Crippen LogP contribution in [0.15, 0.2) is 24.3 Å². The van der Waals surface area contributed by atoms with Gasteiger partial charge in [-0.15, -0.1) is 0 Å². The molecule has 136 valence electrons. The first-order chi connectivity index (χ1) is 12.1. The quantitative estimate of drug-likeness (QED) is 0.710. The number of nitrogens with zero attached hydrogens (tertiary/aromatic N) is 2. The Morgan fingerprint density at radius 2 is 2.04 bits per heavy atom. The zero-order valence-corrected chi connectivity index (χ0v) is 15.3. The standard InChI is InChI=1S/C20H28N2O3/c1-3-21(13-14-25-2)11-12-22-18(23)15-20(19(22)24)10-6-8-16-7-4-5-9-17(16)20/h4-5,7,9H,3,6,8,10-15H2,1-2H3. The van der Waals surface area contributed by atoms with E-state index in [1.807, 2.05) is 18.2 Å². The molecule has 0 aromatic heterocycles. The van der Waals surface area contributed by atoms with Crippen LogP contribution in [0.2, 0.25) is 0 Å². The molecule has 5 heteroatoms. The molecule has 2 aliphatic rings. The Labute approximate surface area is 149 Å². The molecule has 0 radical (unpaired) electrons. The van der Waals surface area contributed by atoms with Crippen molar-refractivity contribution in [2.24, 2.45) is 0 Å². The van der Waals surface area contributed by atoms with Crippen molar-refractivity contribution in [3.63, 3.8) is 0 Å². The number of rotatable bonds is 7. The normalized spacial score (nSPS) is 22.9. The summed E-state index contributed by atoms with van der Waals surface area (Å²) in [6.45, 7) is 5.62. The SMILES string of the molecule is CCN(CCOC)CCN1C(=O)CC2(CCCc3ccccc32)C1=O. The van der Waals surface area contributed by atoms with Crippen LogP contribution < -0.4 is 0 Å². The highest BCUT2D eigenvalue weighted by molar-refractivity contribution is 6.09. The van der Waals surface area contributed by atoms with E-state index in [4.69, 9.17) is 4.74 Å². The second-order valence-electron chi connectivity index (χ2n) is 7.05. The highest BCUT2D eigenvalue weighted by Crippen LogP contribution is 2.45. The molecule has 1 unspecified atom stereocenters. The van der Waals surface area contributed by atoms with E-state index >= 15 is 0 Å². The van der Waals surface area contributed by atoms with E-state index in [-0.39, 0.29) is 11.8 Å². The number of likely N-dealkylation sites (N-methyl/N-ethyl adjacent to an activating group) is 1. The van der Waals surface area contributed by atoms with E-state index in [0.29, 0.717) is 26.1 Å². The van der Waals surface area contributed by atoms with Crippen LogP contribution in [-0.2, 0) is 26.2 Å². The molecular weight excluding hydrogens is 316 g/mol. The first kappa shape index (κ1) is 18.1. The van der Waals surface area contributed by atoms with E-state index < -0.39 is 5.41 Å². The number of imide groups is 1. The fourth-order valence-corrected chi connectivity index (χ4v) is 4.24. The summed E-state index contributed by atoms with van der Waals surface area (Å²) in [6, 6.07) is 8.14. The second kappa shape index (κ2) is 7.67. The van der Waals surface area contributed by atoms with E-state index in [9.17, 15) is 9.59 Å². The molecular formula is C20H28N2O3. The highest BCUT2D eigenvalue weighted by atomic mass is 16.5. The van der Waals surface area contributed by atoms with Gasteiger partial charge in [-0.05, 0) is 36.9 Å². The Bertz CT molecular complexity index is 646. The summed E-state index contributed by atoms with van der Waals surface area (Å²) in [6.07, 6.45) is 3.08. The van der Waals surface area contributed by atoms with Crippen molar-refractivity contribution in [1.29, 1.82) is 0 Å². The van der Waals surface area contributed by atoms with Crippen molar-refractivity contribution in [1.82, 2.24) is 9.80 Å². The molecule has 5 nitrogen and oxygen atoms in total. The lowest BCUT2D eigenvalue weighted by Gasteiger charge is -2.33. The van der Waals surface area contributed by atoms with Crippen molar-refractivity contribution in [2.45, 2.75) is 38.0 Å². The number of likely N-dealkylation sites (tertiary alicyclic amines) is 1. The molecule has 1 aliphatic heterocycles. The minimum atomic E-state index is -0.616. The third-order valence-electron chi connectivity index (χ3n) is 5.69. The number of ether oxygens (including phenoxy) is 1. The van der Waals surface area contributed by atoms with Gasteiger partial charge in [0.1, 0.15) is 0 Å². The molecule has 1 aliphatic carbocycles.